The standard InChI is InChI=1S/C7H9N3S/c8-10-4-6-3-9-7(11-6)5-1-2-5/h3-5H,1-2,8H2/b10-4+. The van der Waals surface area contributed by atoms with Gasteiger partial charge >= 0.3 is 0 Å². The highest BCUT2D eigenvalue weighted by Gasteiger charge is 2.26. The normalized spacial score (nSPS) is 17.8. The summed E-state index contributed by atoms with van der Waals surface area (Å²) in [7, 11) is 0. The molecule has 2 rings (SSSR count). The molecule has 0 aromatic carbocycles. The maximum absolute atomic E-state index is 5.01. The summed E-state index contributed by atoms with van der Waals surface area (Å²) in [4.78, 5) is 5.32. The van der Waals surface area contributed by atoms with Gasteiger partial charge in [-0.25, -0.2) is 4.98 Å². The summed E-state index contributed by atoms with van der Waals surface area (Å²) >= 11 is 1.69. The van der Waals surface area contributed by atoms with E-state index in [0.29, 0.717) is 0 Å². The summed E-state index contributed by atoms with van der Waals surface area (Å²) in [5.74, 6) is 5.75. The average molecular weight is 167 g/mol. The van der Waals surface area contributed by atoms with Crippen molar-refractivity contribution in [1.29, 1.82) is 0 Å². The second kappa shape index (κ2) is 2.62. The lowest BCUT2D eigenvalue weighted by Gasteiger charge is -1.82. The van der Waals surface area contributed by atoms with Crippen LogP contribution in [0.4, 0.5) is 0 Å². The van der Waals surface area contributed by atoms with Crippen LogP contribution in [0.1, 0.15) is 28.6 Å². The van der Waals surface area contributed by atoms with Crippen LogP contribution in [-0.2, 0) is 0 Å². The molecule has 0 amide bonds. The molecule has 0 unspecified atom stereocenters. The van der Waals surface area contributed by atoms with Crippen molar-refractivity contribution in [1.82, 2.24) is 4.98 Å². The molecule has 11 heavy (non-hydrogen) atoms. The molecule has 0 spiro atoms. The lowest BCUT2D eigenvalue weighted by Crippen LogP contribution is -1.80. The SMILES string of the molecule is N/N=C/c1cnc(C2CC2)s1. The Morgan fingerprint density at radius 1 is 1.73 bits per heavy atom. The molecule has 0 bridgehead atoms. The first-order chi connectivity index (χ1) is 5.40. The molecular formula is C7H9N3S. The summed E-state index contributed by atoms with van der Waals surface area (Å²) < 4.78 is 0. The first-order valence-electron chi connectivity index (χ1n) is 3.59. The van der Waals surface area contributed by atoms with Crippen molar-refractivity contribution >= 4 is 17.6 Å². The number of nitrogens with two attached hydrogens (primary N) is 1. The molecule has 1 aromatic rings. The van der Waals surface area contributed by atoms with Gasteiger partial charge in [0, 0.05) is 12.1 Å². The van der Waals surface area contributed by atoms with Gasteiger partial charge in [0.25, 0.3) is 0 Å². The Bertz CT molecular complexity index is 275. The van der Waals surface area contributed by atoms with Crippen LogP contribution in [0.15, 0.2) is 11.3 Å². The van der Waals surface area contributed by atoms with Crippen LogP contribution in [0, 0.1) is 0 Å². The van der Waals surface area contributed by atoms with Gasteiger partial charge in [-0.05, 0) is 12.8 Å². The Balaban J connectivity index is 2.18. The van der Waals surface area contributed by atoms with Gasteiger partial charge in [0.1, 0.15) is 0 Å². The van der Waals surface area contributed by atoms with Crippen molar-refractivity contribution < 1.29 is 0 Å². The van der Waals surface area contributed by atoms with Gasteiger partial charge in [0.05, 0.1) is 16.1 Å². The van der Waals surface area contributed by atoms with E-state index in [9.17, 15) is 0 Å². The summed E-state index contributed by atoms with van der Waals surface area (Å²) in [6, 6.07) is 0. The quantitative estimate of drug-likeness (QED) is 0.410. The van der Waals surface area contributed by atoms with Gasteiger partial charge in [-0.3, -0.25) is 0 Å². The minimum absolute atomic E-state index is 0.736. The Morgan fingerprint density at radius 2 is 2.55 bits per heavy atom. The molecule has 0 radical (unpaired) electrons. The Labute approximate surface area is 69.0 Å². The number of hydrazone groups is 1. The van der Waals surface area contributed by atoms with E-state index in [1.807, 2.05) is 6.20 Å². The maximum atomic E-state index is 5.01. The van der Waals surface area contributed by atoms with Crippen LogP contribution in [0.2, 0.25) is 0 Å². The Hall–Kier alpha value is -0.900. The highest BCUT2D eigenvalue weighted by molar-refractivity contribution is 7.13. The third kappa shape index (κ3) is 1.40. The number of hydrogen-bond donors (Lipinski definition) is 1. The van der Waals surface area contributed by atoms with Crippen LogP contribution >= 0.6 is 11.3 Å². The minimum atomic E-state index is 0.736. The molecule has 0 saturated heterocycles. The van der Waals surface area contributed by atoms with E-state index in [1.165, 1.54) is 17.8 Å². The van der Waals surface area contributed by atoms with Crippen LogP contribution in [0.3, 0.4) is 0 Å². The molecule has 1 saturated carbocycles. The molecule has 3 nitrogen and oxygen atoms in total. The number of nitrogens with zero attached hydrogens (tertiary/aromatic N) is 2. The first-order valence-corrected chi connectivity index (χ1v) is 4.41. The smallest absolute Gasteiger partial charge is 0.0962 e. The van der Waals surface area contributed by atoms with E-state index in [-0.39, 0.29) is 0 Å². The second-order valence-corrected chi connectivity index (χ2v) is 3.75. The maximum Gasteiger partial charge on any atom is 0.0962 e. The van der Waals surface area contributed by atoms with E-state index < -0.39 is 0 Å². The summed E-state index contributed by atoms with van der Waals surface area (Å²) in [6.45, 7) is 0. The van der Waals surface area contributed by atoms with Gasteiger partial charge in [-0.2, -0.15) is 5.10 Å². The molecule has 0 aliphatic heterocycles. The fourth-order valence-electron chi connectivity index (χ4n) is 0.953. The number of hydrogen-bond acceptors (Lipinski definition) is 4. The summed E-state index contributed by atoms with van der Waals surface area (Å²) in [6.07, 6.45) is 6.07. The van der Waals surface area contributed by atoms with E-state index in [0.717, 1.165) is 10.8 Å². The van der Waals surface area contributed by atoms with Crippen LogP contribution < -0.4 is 5.84 Å². The molecule has 1 aromatic heterocycles. The monoisotopic (exact) mass is 167 g/mol. The van der Waals surface area contributed by atoms with E-state index in [4.69, 9.17) is 5.84 Å². The van der Waals surface area contributed by atoms with Crippen molar-refractivity contribution in [3.05, 3.63) is 16.1 Å². The van der Waals surface area contributed by atoms with Gasteiger partial charge < -0.3 is 5.84 Å². The molecule has 1 aliphatic rings. The van der Waals surface area contributed by atoms with Crippen molar-refractivity contribution in [3.63, 3.8) is 0 Å². The highest BCUT2D eigenvalue weighted by Crippen LogP contribution is 2.41. The van der Waals surface area contributed by atoms with Gasteiger partial charge in [0.2, 0.25) is 0 Å². The van der Waals surface area contributed by atoms with Crippen LogP contribution in [0.25, 0.3) is 0 Å². The molecule has 2 N–H and O–H groups in total. The first kappa shape index (κ1) is 6.79. The Morgan fingerprint density at radius 3 is 3.18 bits per heavy atom. The molecule has 1 heterocycles. The zero-order valence-corrected chi connectivity index (χ0v) is 6.84. The zero-order valence-electron chi connectivity index (χ0n) is 6.03. The number of rotatable bonds is 2. The Kier molecular flexibility index (Phi) is 1.62. The molecule has 0 atom stereocenters. The van der Waals surface area contributed by atoms with Crippen LogP contribution in [0.5, 0.6) is 0 Å². The van der Waals surface area contributed by atoms with Crippen molar-refractivity contribution in [2.45, 2.75) is 18.8 Å². The van der Waals surface area contributed by atoms with E-state index >= 15 is 0 Å². The topological polar surface area (TPSA) is 51.3 Å². The summed E-state index contributed by atoms with van der Waals surface area (Å²) in [5, 5.41) is 4.68. The van der Waals surface area contributed by atoms with Gasteiger partial charge in [-0.1, -0.05) is 0 Å². The molecule has 1 aliphatic carbocycles. The van der Waals surface area contributed by atoms with Gasteiger partial charge in [0.15, 0.2) is 0 Å². The van der Waals surface area contributed by atoms with Crippen molar-refractivity contribution in [3.8, 4) is 0 Å². The fourth-order valence-corrected chi connectivity index (χ4v) is 1.92. The van der Waals surface area contributed by atoms with Crippen molar-refractivity contribution in [2.24, 2.45) is 10.9 Å². The predicted molar refractivity (Wildman–Crippen MR) is 45.9 cm³/mol. The molecule has 58 valence electrons. The predicted octanol–water partition coefficient (Wildman–Crippen LogP) is 1.31. The van der Waals surface area contributed by atoms with Crippen molar-refractivity contribution in [2.75, 3.05) is 0 Å². The lowest BCUT2D eigenvalue weighted by molar-refractivity contribution is 1.08. The zero-order chi connectivity index (χ0) is 7.68. The number of aromatic nitrogens is 1. The molecule has 4 heteroatoms. The molecule has 1 fully saturated rings. The third-order valence-electron chi connectivity index (χ3n) is 1.67. The van der Waals surface area contributed by atoms with E-state index in [1.54, 1.807) is 17.6 Å². The largest absolute Gasteiger partial charge is 0.323 e. The lowest BCUT2D eigenvalue weighted by atomic mass is 10.5. The molecular weight excluding hydrogens is 158 g/mol. The second-order valence-electron chi connectivity index (χ2n) is 2.65. The van der Waals surface area contributed by atoms with E-state index in [2.05, 4.69) is 10.1 Å². The minimum Gasteiger partial charge on any atom is -0.323 e. The number of thiazole rings is 1. The van der Waals surface area contributed by atoms with Gasteiger partial charge in [-0.15, -0.1) is 11.3 Å². The average Bonchev–Trinajstić information content (AvgIpc) is 2.75. The summed E-state index contributed by atoms with van der Waals surface area (Å²) in [5.41, 5.74) is 0. The fraction of sp³-hybridized carbons (Fsp3) is 0.429. The highest BCUT2D eigenvalue weighted by atomic mass is 32.1. The van der Waals surface area contributed by atoms with Crippen LogP contribution in [-0.4, -0.2) is 11.2 Å². The third-order valence-corrected chi connectivity index (χ3v) is 2.76.